The quantitative estimate of drug-likeness (QED) is 0.318. The molecular weight excluding hydrogens is 542 g/mol. The standard InChI is InChI=1S/C30H33Cl2FN2O2S/c31-26-8-3-7-24(28(26)32)29(36)35-18-23(25(19-35)22-10-16-38-20-22)17-34-14-12-30(37,13-15-34)11-4-6-21-5-1-2-9-27(21)33/h1-3,5,7-10,16,20,23,25,37H,4,6,11-15,17-19H2. The summed E-state index contributed by atoms with van der Waals surface area (Å²) in [6, 6.07) is 14.2. The van der Waals surface area contributed by atoms with E-state index in [0.717, 1.165) is 26.1 Å². The van der Waals surface area contributed by atoms with Crippen LogP contribution in [0.15, 0.2) is 59.3 Å². The van der Waals surface area contributed by atoms with Crippen molar-refractivity contribution >= 4 is 40.4 Å². The van der Waals surface area contributed by atoms with E-state index in [1.165, 1.54) is 11.6 Å². The normalized spacial score (nSPS) is 21.6. The minimum atomic E-state index is -0.699. The molecule has 2 aliphatic heterocycles. The number of rotatable bonds is 8. The second-order valence-electron chi connectivity index (χ2n) is 10.7. The third kappa shape index (κ3) is 6.26. The number of likely N-dealkylation sites (tertiary alicyclic amines) is 2. The van der Waals surface area contributed by atoms with E-state index in [1.807, 2.05) is 17.0 Å². The number of hydrogen-bond acceptors (Lipinski definition) is 4. The fourth-order valence-corrected chi connectivity index (χ4v) is 7.07. The molecule has 2 saturated heterocycles. The highest BCUT2D eigenvalue weighted by atomic mass is 35.5. The van der Waals surface area contributed by atoms with Crippen LogP contribution in [0, 0.1) is 11.7 Å². The third-order valence-corrected chi connectivity index (χ3v) is 9.73. The molecule has 3 aromatic rings. The smallest absolute Gasteiger partial charge is 0.255 e. The fraction of sp³-hybridized carbons (Fsp3) is 0.433. The van der Waals surface area contributed by atoms with Crippen molar-refractivity contribution in [3.8, 4) is 0 Å². The zero-order valence-corrected chi connectivity index (χ0v) is 23.6. The molecule has 1 amide bonds. The van der Waals surface area contributed by atoms with Gasteiger partial charge in [0.05, 0.1) is 21.2 Å². The maximum atomic E-state index is 13.9. The van der Waals surface area contributed by atoms with Gasteiger partial charge in [-0.15, -0.1) is 0 Å². The van der Waals surface area contributed by atoms with Crippen molar-refractivity contribution in [2.45, 2.75) is 43.6 Å². The maximum Gasteiger partial charge on any atom is 0.255 e. The number of piperidine rings is 1. The van der Waals surface area contributed by atoms with E-state index in [-0.39, 0.29) is 17.6 Å². The van der Waals surface area contributed by atoms with Crippen LogP contribution in [-0.4, -0.2) is 59.1 Å². The van der Waals surface area contributed by atoms with Gasteiger partial charge in [-0.3, -0.25) is 4.79 Å². The van der Waals surface area contributed by atoms with Crippen molar-refractivity contribution in [3.05, 3.63) is 91.8 Å². The molecule has 1 N–H and O–H groups in total. The summed E-state index contributed by atoms with van der Waals surface area (Å²) in [5.74, 6) is 0.294. The van der Waals surface area contributed by atoms with Crippen molar-refractivity contribution in [1.82, 2.24) is 9.80 Å². The molecule has 2 fully saturated rings. The van der Waals surface area contributed by atoms with Gasteiger partial charge in [-0.2, -0.15) is 11.3 Å². The Hall–Kier alpha value is -1.96. The highest BCUT2D eigenvalue weighted by Gasteiger charge is 2.39. The predicted octanol–water partition coefficient (Wildman–Crippen LogP) is 6.90. The van der Waals surface area contributed by atoms with E-state index in [2.05, 4.69) is 21.7 Å². The largest absolute Gasteiger partial charge is 0.390 e. The van der Waals surface area contributed by atoms with Gasteiger partial charge in [0.2, 0.25) is 0 Å². The number of amides is 1. The van der Waals surface area contributed by atoms with Gasteiger partial charge in [-0.1, -0.05) is 47.5 Å². The molecule has 0 aliphatic carbocycles. The van der Waals surface area contributed by atoms with Crippen LogP contribution >= 0.6 is 34.5 Å². The molecule has 0 saturated carbocycles. The molecule has 38 heavy (non-hydrogen) atoms. The van der Waals surface area contributed by atoms with Crippen LogP contribution in [0.2, 0.25) is 10.0 Å². The number of benzene rings is 2. The summed E-state index contributed by atoms with van der Waals surface area (Å²) in [5, 5.41) is 16.2. The Morgan fingerprint density at radius 3 is 2.61 bits per heavy atom. The Bertz CT molecular complexity index is 1250. The Morgan fingerprint density at radius 1 is 1.08 bits per heavy atom. The van der Waals surface area contributed by atoms with Gasteiger partial charge >= 0.3 is 0 Å². The molecule has 2 atom stereocenters. The van der Waals surface area contributed by atoms with Gasteiger partial charge in [0, 0.05) is 38.6 Å². The zero-order valence-electron chi connectivity index (χ0n) is 21.3. The molecule has 4 nitrogen and oxygen atoms in total. The van der Waals surface area contributed by atoms with Crippen LogP contribution in [0.1, 0.15) is 53.1 Å². The summed E-state index contributed by atoms with van der Waals surface area (Å²) < 4.78 is 13.9. The van der Waals surface area contributed by atoms with Gasteiger partial charge in [-0.25, -0.2) is 4.39 Å². The summed E-state index contributed by atoms with van der Waals surface area (Å²) in [6.45, 7) is 3.82. The molecule has 5 rings (SSSR count). The van der Waals surface area contributed by atoms with Crippen LogP contribution in [0.5, 0.6) is 0 Å². The molecular formula is C30H33Cl2FN2O2S. The van der Waals surface area contributed by atoms with E-state index >= 15 is 0 Å². The SMILES string of the molecule is O=C(c1cccc(Cl)c1Cl)N1CC(CN2CCC(O)(CCCc3ccccc3F)CC2)C(c2ccsc2)C1. The van der Waals surface area contributed by atoms with Crippen molar-refractivity contribution in [2.24, 2.45) is 5.92 Å². The van der Waals surface area contributed by atoms with Gasteiger partial charge < -0.3 is 14.9 Å². The van der Waals surface area contributed by atoms with Crippen LogP contribution in [0.3, 0.4) is 0 Å². The lowest BCUT2D eigenvalue weighted by atomic mass is 9.84. The van der Waals surface area contributed by atoms with E-state index in [4.69, 9.17) is 23.2 Å². The summed E-state index contributed by atoms with van der Waals surface area (Å²) >= 11 is 14.2. The monoisotopic (exact) mass is 574 g/mol. The number of aryl methyl sites for hydroxylation is 1. The van der Waals surface area contributed by atoms with Crippen molar-refractivity contribution in [3.63, 3.8) is 0 Å². The molecule has 0 radical (unpaired) electrons. The van der Waals surface area contributed by atoms with Crippen molar-refractivity contribution in [1.29, 1.82) is 0 Å². The Morgan fingerprint density at radius 2 is 1.87 bits per heavy atom. The molecule has 3 heterocycles. The Kier molecular flexibility index (Phi) is 8.75. The van der Waals surface area contributed by atoms with E-state index in [0.29, 0.717) is 65.9 Å². The lowest BCUT2D eigenvalue weighted by molar-refractivity contribution is -0.0315. The fourth-order valence-electron chi connectivity index (χ4n) is 5.97. The number of hydrogen-bond donors (Lipinski definition) is 1. The number of nitrogens with zero attached hydrogens (tertiary/aromatic N) is 2. The molecule has 0 bridgehead atoms. The first kappa shape index (κ1) is 27.6. The van der Waals surface area contributed by atoms with Gasteiger partial charge in [0.25, 0.3) is 5.91 Å². The summed E-state index contributed by atoms with van der Waals surface area (Å²) in [7, 11) is 0. The average molecular weight is 576 g/mol. The number of halogens is 3. The highest BCUT2D eigenvalue weighted by molar-refractivity contribution is 7.08. The second-order valence-corrected chi connectivity index (χ2v) is 12.3. The lowest BCUT2D eigenvalue weighted by Gasteiger charge is -2.39. The van der Waals surface area contributed by atoms with Crippen LogP contribution < -0.4 is 0 Å². The lowest BCUT2D eigenvalue weighted by Crippen LogP contribution is -2.46. The summed E-state index contributed by atoms with van der Waals surface area (Å²) in [4.78, 5) is 17.7. The number of carbonyl (C=O) groups is 1. The molecule has 8 heteroatoms. The first-order valence-corrected chi connectivity index (χ1v) is 15.0. The average Bonchev–Trinajstić information content (AvgIpc) is 3.58. The third-order valence-electron chi connectivity index (χ3n) is 8.21. The highest BCUT2D eigenvalue weighted by Crippen LogP contribution is 2.37. The van der Waals surface area contributed by atoms with Crippen LogP contribution in [-0.2, 0) is 6.42 Å². The maximum absolute atomic E-state index is 13.9. The molecule has 0 spiro atoms. The van der Waals surface area contributed by atoms with Gasteiger partial charge in [-0.05, 0) is 84.2 Å². The van der Waals surface area contributed by atoms with Gasteiger partial charge in [0.1, 0.15) is 5.82 Å². The minimum Gasteiger partial charge on any atom is -0.390 e. The number of carbonyl (C=O) groups excluding carboxylic acids is 1. The molecule has 1 aromatic heterocycles. The number of thiophene rings is 1. The molecule has 2 unspecified atom stereocenters. The van der Waals surface area contributed by atoms with Crippen molar-refractivity contribution in [2.75, 3.05) is 32.7 Å². The zero-order chi connectivity index (χ0) is 26.7. The summed E-state index contributed by atoms with van der Waals surface area (Å²) in [5.41, 5.74) is 1.74. The first-order chi connectivity index (χ1) is 18.3. The first-order valence-electron chi connectivity index (χ1n) is 13.3. The van der Waals surface area contributed by atoms with E-state index < -0.39 is 5.60 Å². The van der Waals surface area contributed by atoms with Gasteiger partial charge in [0.15, 0.2) is 0 Å². The van der Waals surface area contributed by atoms with Crippen molar-refractivity contribution < 1.29 is 14.3 Å². The topological polar surface area (TPSA) is 43.8 Å². The molecule has 2 aliphatic rings. The Balaban J connectivity index is 1.19. The number of aliphatic hydroxyl groups is 1. The van der Waals surface area contributed by atoms with Crippen LogP contribution in [0.25, 0.3) is 0 Å². The van der Waals surface area contributed by atoms with Crippen LogP contribution in [0.4, 0.5) is 4.39 Å². The molecule has 202 valence electrons. The second kappa shape index (κ2) is 12.1. The molecule has 2 aromatic carbocycles. The Labute approximate surface area is 238 Å². The van der Waals surface area contributed by atoms with E-state index in [9.17, 15) is 14.3 Å². The predicted molar refractivity (Wildman–Crippen MR) is 153 cm³/mol. The summed E-state index contributed by atoms with van der Waals surface area (Å²) in [6.07, 6.45) is 3.51. The van der Waals surface area contributed by atoms with E-state index in [1.54, 1.807) is 35.6 Å². The minimum absolute atomic E-state index is 0.0805.